The van der Waals surface area contributed by atoms with Crippen molar-refractivity contribution in [2.45, 2.75) is 6.61 Å². The average molecular weight is 391 g/mol. The first-order chi connectivity index (χ1) is 14.1. The van der Waals surface area contributed by atoms with E-state index in [0.717, 1.165) is 5.56 Å². The summed E-state index contributed by atoms with van der Waals surface area (Å²) in [7, 11) is 1.31. The van der Waals surface area contributed by atoms with Gasteiger partial charge < -0.3 is 19.5 Å². The number of benzene rings is 3. The van der Waals surface area contributed by atoms with Crippen LogP contribution in [0.2, 0.25) is 0 Å². The molecule has 0 radical (unpaired) electrons. The topological polar surface area (TPSA) is 73.9 Å². The van der Waals surface area contributed by atoms with E-state index in [1.807, 2.05) is 30.3 Å². The van der Waals surface area contributed by atoms with Crippen LogP contribution in [0.1, 0.15) is 15.9 Å². The molecule has 0 aliphatic heterocycles. The highest BCUT2D eigenvalue weighted by molar-refractivity contribution is 5.92. The number of anilines is 1. The SMILES string of the molecule is COC(=O)c1cccc(OCC(=O)Nc2ccc(OCc3ccccc3)cc2)c1. The van der Waals surface area contributed by atoms with Gasteiger partial charge in [-0.05, 0) is 48.0 Å². The van der Waals surface area contributed by atoms with Crippen LogP contribution in [0.25, 0.3) is 0 Å². The number of hydrogen-bond acceptors (Lipinski definition) is 5. The lowest BCUT2D eigenvalue weighted by Gasteiger charge is -2.10. The monoisotopic (exact) mass is 391 g/mol. The summed E-state index contributed by atoms with van der Waals surface area (Å²) < 4.78 is 15.8. The third-order valence-electron chi connectivity index (χ3n) is 4.01. The second-order valence-electron chi connectivity index (χ2n) is 6.15. The van der Waals surface area contributed by atoms with Crippen LogP contribution in [0.5, 0.6) is 11.5 Å². The zero-order valence-corrected chi connectivity index (χ0v) is 16.0. The van der Waals surface area contributed by atoms with Crippen molar-refractivity contribution in [1.82, 2.24) is 0 Å². The summed E-state index contributed by atoms with van der Waals surface area (Å²) >= 11 is 0. The van der Waals surface area contributed by atoms with Crippen molar-refractivity contribution in [3.8, 4) is 11.5 Å². The molecule has 29 heavy (non-hydrogen) atoms. The first-order valence-corrected chi connectivity index (χ1v) is 9.02. The van der Waals surface area contributed by atoms with Gasteiger partial charge in [0.1, 0.15) is 18.1 Å². The lowest BCUT2D eigenvalue weighted by atomic mass is 10.2. The standard InChI is InChI=1S/C23H21NO5/c1-27-23(26)18-8-5-9-21(14-18)29-16-22(25)24-19-10-12-20(13-11-19)28-15-17-6-3-2-4-7-17/h2-14H,15-16H2,1H3,(H,24,25). The minimum absolute atomic E-state index is 0.184. The second-order valence-corrected chi connectivity index (χ2v) is 6.15. The average Bonchev–Trinajstić information content (AvgIpc) is 2.77. The van der Waals surface area contributed by atoms with Gasteiger partial charge in [-0.2, -0.15) is 0 Å². The molecule has 0 spiro atoms. The lowest BCUT2D eigenvalue weighted by Crippen LogP contribution is -2.20. The van der Waals surface area contributed by atoms with E-state index in [0.29, 0.717) is 29.4 Å². The smallest absolute Gasteiger partial charge is 0.337 e. The van der Waals surface area contributed by atoms with Crippen molar-refractivity contribution in [1.29, 1.82) is 0 Å². The molecule has 0 aliphatic carbocycles. The third-order valence-corrected chi connectivity index (χ3v) is 4.01. The highest BCUT2D eigenvalue weighted by Crippen LogP contribution is 2.18. The fourth-order valence-electron chi connectivity index (χ4n) is 2.55. The Labute approximate surface area is 169 Å². The predicted octanol–water partition coefficient (Wildman–Crippen LogP) is 4.07. The highest BCUT2D eigenvalue weighted by atomic mass is 16.5. The van der Waals surface area contributed by atoms with Gasteiger partial charge in [-0.1, -0.05) is 36.4 Å². The molecule has 6 nitrogen and oxygen atoms in total. The number of carbonyl (C=O) groups excluding carboxylic acids is 2. The van der Waals surface area contributed by atoms with Gasteiger partial charge in [0.15, 0.2) is 6.61 Å². The first-order valence-electron chi connectivity index (χ1n) is 9.02. The maximum atomic E-state index is 12.1. The zero-order valence-electron chi connectivity index (χ0n) is 16.0. The van der Waals surface area contributed by atoms with Crippen LogP contribution >= 0.6 is 0 Å². The van der Waals surface area contributed by atoms with E-state index in [2.05, 4.69) is 10.1 Å². The van der Waals surface area contributed by atoms with Crippen molar-refractivity contribution in [3.63, 3.8) is 0 Å². The van der Waals surface area contributed by atoms with E-state index >= 15 is 0 Å². The number of esters is 1. The van der Waals surface area contributed by atoms with E-state index in [9.17, 15) is 9.59 Å². The number of rotatable bonds is 8. The quantitative estimate of drug-likeness (QED) is 0.586. The van der Waals surface area contributed by atoms with Crippen molar-refractivity contribution in [2.75, 3.05) is 19.0 Å². The number of nitrogens with one attached hydrogen (secondary N) is 1. The van der Waals surface area contributed by atoms with Gasteiger partial charge in [-0.15, -0.1) is 0 Å². The van der Waals surface area contributed by atoms with Crippen LogP contribution in [0, 0.1) is 0 Å². The fraction of sp³-hybridized carbons (Fsp3) is 0.130. The van der Waals surface area contributed by atoms with Crippen molar-refractivity contribution in [3.05, 3.63) is 90.0 Å². The van der Waals surface area contributed by atoms with Crippen LogP contribution in [-0.4, -0.2) is 25.6 Å². The van der Waals surface area contributed by atoms with Gasteiger partial charge in [-0.3, -0.25) is 4.79 Å². The number of methoxy groups -OCH3 is 1. The maximum Gasteiger partial charge on any atom is 0.337 e. The summed E-state index contributed by atoms with van der Waals surface area (Å²) in [4.78, 5) is 23.6. The van der Waals surface area contributed by atoms with E-state index in [1.54, 1.807) is 42.5 Å². The molecule has 0 aliphatic rings. The minimum Gasteiger partial charge on any atom is -0.489 e. The molecule has 1 amide bonds. The maximum absolute atomic E-state index is 12.1. The Morgan fingerprint density at radius 2 is 1.59 bits per heavy atom. The van der Waals surface area contributed by atoms with Gasteiger partial charge in [0.2, 0.25) is 0 Å². The predicted molar refractivity (Wildman–Crippen MR) is 109 cm³/mol. The van der Waals surface area contributed by atoms with Gasteiger partial charge in [0, 0.05) is 5.69 Å². The number of hydrogen-bond donors (Lipinski definition) is 1. The number of ether oxygens (including phenoxy) is 3. The molecule has 0 atom stereocenters. The van der Waals surface area contributed by atoms with Crippen molar-refractivity contribution < 1.29 is 23.8 Å². The Morgan fingerprint density at radius 1 is 0.828 bits per heavy atom. The molecule has 148 valence electrons. The van der Waals surface area contributed by atoms with Gasteiger partial charge in [0.25, 0.3) is 5.91 Å². The molecule has 0 unspecified atom stereocenters. The van der Waals surface area contributed by atoms with E-state index in [-0.39, 0.29) is 12.5 Å². The highest BCUT2D eigenvalue weighted by Gasteiger charge is 2.08. The Kier molecular flexibility index (Phi) is 6.84. The first kappa shape index (κ1) is 19.9. The van der Waals surface area contributed by atoms with Crippen LogP contribution in [0.15, 0.2) is 78.9 Å². The molecule has 0 saturated heterocycles. The van der Waals surface area contributed by atoms with Crippen molar-refractivity contribution >= 4 is 17.6 Å². The molecule has 0 bridgehead atoms. The minimum atomic E-state index is -0.463. The van der Waals surface area contributed by atoms with E-state index in [1.165, 1.54) is 13.2 Å². The lowest BCUT2D eigenvalue weighted by molar-refractivity contribution is -0.118. The molecule has 1 N–H and O–H groups in total. The summed E-state index contributed by atoms with van der Waals surface area (Å²) in [6.45, 7) is 0.294. The second kappa shape index (κ2) is 9.94. The Balaban J connectivity index is 1.47. The van der Waals surface area contributed by atoms with E-state index < -0.39 is 5.97 Å². The van der Waals surface area contributed by atoms with Crippen LogP contribution in [0.3, 0.4) is 0 Å². The third kappa shape index (κ3) is 6.10. The molecule has 3 aromatic rings. The zero-order chi connectivity index (χ0) is 20.5. The molecule has 3 rings (SSSR count). The summed E-state index contributed by atoms with van der Waals surface area (Å²) in [6.07, 6.45) is 0. The van der Waals surface area contributed by atoms with E-state index in [4.69, 9.17) is 9.47 Å². The summed E-state index contributed by atoms with van der Waals surface area (Å²) in [5, 5.41) is 2.75. The molecular formula is C23H21NO5. The van der Waals surface area contributed by atoms with Crippen LogP contribution in [-0.2, 0) is 16.1 Å². The van der Waals surface area contributed by atoms with Crippen molar-refractivity contribution in [2.24, 2.45) is 0 Å². The Morgan fingerprint density at radius 3 is 2.31 bits per heavy atom. The summed E-state index contributed by atoms with van der Waals surface area (Å²) in [5.74, 6) is 0.344. The van der Waals surface area contributed by atoms with Gasteiger partial charge >= 0.3 is 5.97 Å². The number of amides is 1. The largest absolute Gasteiger partial charge is 0.489 e. The molecule has 0 heterocycles. The fourth-order valence-corrected chi connectivity index (χ4v) is 2.55. The molecular weight excluding hydrogens is 370 g/mol. The normalized spacial score (nSPS) is 10.1. The molecule has 0 fully saturated rings. The van der Waals surface area contributed by atoms with Gasteiger partial charge in [-0.25, -0.2) is 4.79 Å². The summed E-state index contributed by atoms with van der Waals surface area (Å²) in [5.41, 5.74) is 2.07. The Bertz CT molecular complexity index is 955. The molecule has 0 aromatic heterocycles. The summed E-state index contributed by atoms with van der Waals surface area (Å²) in [6, 6.07) is 23.4. The molecule has 6 heteroatoms. The molecule has 3 aromatic carbocycles. The number of carbonyl (C=O) groups is 2. The van der Waals surface area contributed by atoms with Crippen LogP contribution < -0.4 is 14.8 Å². The van der Waals surface area contributed by atoms with Crippen LogP contribution in [0.4, 0.5) is 5.69 Å². The molecule has 0 saturated carbocycles. The Hall–Kier alpha value is -3.80. The van der Waals surface area contributed by atoms with Gasteiger partial charge in [0.05, 0.1) is 12.7 Å².